The molecule has 4 nitrogen and oxygen atoms in total. The Labute approximate surface area is 206 Å². The van der Waals surface area contributed by atoms with Crippen LogP contribution in [-0.2, 0) is 12.2 Å². The first-order valence-electron chi connectivity index (χ1n) is 10.7. The van der Waals surface area contributed by atoms with Crippen molar-refractivity contribution in [3.8, 4) is 11.8 Å². The number of methoxy groups -OCH3 is 1. The summed E-state index contributed by atoms with van der Waals surface area (Å²) in [4.78, 5) is 18.4. The standard InChI is InChI=1S/C26H24F2N2O2S2/c1-4-5-19-8-11-24(34-19)22(31)9-6-17-7-10-23(32-3)18(13-17)15-33-26-20(14-29)16(2)12-21(30-26)25(27)28/h6-13,25H,4-5,15H2,1-3H3/b9-6+. The fraction of sp³-hybridized carbons (Fsp3) is 0.269. The maximum Gasteiger partial charge on any atom is 0.280 e. The predicted molar refractivity (Wildman–Crippen MR) is 133 cm³/mol. The third-order valence-electron chi connectivity index (χ3n) is 5.04. The van der Waals surface area contributed by atoms with Crippen molar-refractivity contribution in [2.75, 3.05) is 7.11 Å². The van der Waals surface area contributed by atoms with Gasteiger partial charge in [-0.15, -0.1) is 23.1 Å². The number of thiophene rings is 1. The number of ether oxygens (including phenoxy) is 1. The van der Waals surface area contributed by atoms with Gasteiger partial charge >= 0.3 is 0 Å². The summed E-state index contributed by atoms with van der Waals surface area (Å²) >= 11 is 2.71. The Balaban J connectivity index is 1.80. The number of ketones is 1. The molecule has 2 heterocycles. The fourth-order valence-corrected chi connectivity index (χ4v) is 5.39. The number of rotatable bonds is 10. The van der Waals surface area contributed by atoms with Crippen LogP contribution in [0.15, 0.2) is 47.5 Å². The summed E-state index contributed by atoms with van der Waals surface area (Å²) < 4.78 is 31.8. The second-order valence-corrected chi connectivity index (χ2v) is 9.66. The lowest BCUT2D eigenvalue weighted by Gasteiger charge is -2.12. The van der Waals surface area contributed by atoms with Crippen molar-refractivity contribution in [1.82, 2.24) is 4.98 Å². The number of carbonyl (C=O) groups excluding carboxylic acids is 1. The number of pyridine rings is 1. The van der Waals surface area contributed by atoms with Gasteiger partial charge in [0.1, 0.15) is 22.5 Å². The lowest BCUT2D eigenvalue weighted by Crippen LogP contribution is -1.99. The summed E-state index contributed by atoms with van der Waals surface area (Å²) in [5.74, 6) is 0.928. The summed E-state index contributed by atoms with van der Waals surface area (Å²) in [6.45, 7) is 3.73. The Morgan fingerprint density at radius 3 is 2.76 bits per heavy atom. The number of halogens is 2. The molecule has 176 valence electrons. The van der Waals surface area contributed by atoms with Crippen LogP contribution >= 0.6 is 23.1 Å². The van der Waals surface area contributed by atoms with Crippen molar-refractivity contribution in [2.24, 2.45) is 0 Å². The number of aryl methyl sites for hydroxylation is 2. The largest absolute Gasteiger partial charge is 0.496 e. The number of thioether (sulfide) groups is 1. The molecule has 0 unspecified atom stereocenters. The van der Waals surface area contributed by atoms with Crippen LogP contribution in [0.25, 0.3) is 6.08 Å². The van der Waals surface area contributed by atoms with Gasteiger partial charge < -0.3 is 4.74 Å². The second kappa shape index (κ2) is 11.9. The van der Waals surface area contributed by atoms with E-state index < -0.39 is 6.43 Å². The number of benzene rings is 1. The predicted octanol–water partition coefficient (Wildman–Crippen LogP) is 7.41. The number of hydrogen-bond acceptors (Lipinski definition) is 6. The van der Waals surface area contributed by atoms with Crippen LogP contribution in [0.2, 0.25) is 0 Å². The molecule has 0 saturated carbocycles. The van der Waals surface area contributed by atoms with Gasteiger partial charge in [-0.05, 0) is 60.9 Å². The summed E-state index contributed by atoms with van der Waals surface area (Å²) in [7, 11) is 1.55. The normalized spacial score (nSPS) is 11.2. The molecule has 1 aromatic carbocycles. The van der Waals surface area contributed by atoms with Gasteiger partial charge in [0.25, 0.3) is 6.43 Å². The highest BCUT2D eigenvalue weighted by Crippen LogP contribution is 2.32. The first-order chi connectivity index (χ1) is 16.4. The van der Waals surface area contributed by atoms with Crippen LogP contribution in [0.3, 0.4) is 0 Å². The molecule has 34 heavy (non-hydrogen) atoms. The highest BCUT2D eigenvalue weighted by molar-refractivity contribution is 7.98. The smallest absolute Gasteiger partial charge is 0.280 e. The van der Waals surface area contributed by atoms with Crippen molar-refractivity contribution >= 4 is 35.0 Å². The van der Waals surface area contributed by atoms with E-state index in [4.69, 9.17) is 4.74 Å². The average molecular weight is 499 g/mol. The van der Waals surface area contributed by atoms with Gasteiger partial charge in [0.15, 0.2) is 5.78 Å². The van der Waals surface area contributed by atoms with Gasteiger partial charge in [-0.1, -0.05) is 25.5 Å². The maximum absolute atomic E-state index is 13.2. The van der Waals surface area contributed by atoms with Gasteiger partial charge in [0.05, 0.1) is 17.6 Å². The minimum atomic E-state index is -2.72. The Kier molecular flexibility index (Phi) is 8.97. The molecule has 0 aliphatic heterocycles. The van der Waals surface area contributed by atoms with Crippen LogP contribution in [0.1, 0.15) is 62.3 Å². The van der Waals surface area contributed by atoms with Crippen molar-refractivity contribution in [3.63, 3.8) is 0 Å². The zero-order chi connectivity index (χ0) is 24.7. The molecule has 0 N–H and O–H groups in total. The highest BCUT2D eigenvalue weighted by Gasteiger charge is 2.17. The van der Waals surface area contributed by atoms with Gasteiger partial charge in [0.2, 0.25) is 0 Å². The average Bonchev–Trinajstić information content (AvgIpc) is 3.29. The van der Waals surface area contributed by atoms with E-state index in [-0.39, 0.29) is 22.1 Å². The summed E-state index contributed by atoms with van der Waals surface area (Å²) in [5.41, 5.74) is 2.01. The topological polar surface area (TPSA) is 63.0 Å². The highest BCUT2D eigenvalue weighted by atomic mass is 32.2. The molecule has 2 aromatic heterocycles. The molecule has 3 aromatic rings. The molecule has 0 saturated heterocycles. The summed E-state index contributed by atoms with van der Waals surface area (Å²) in [6.07, 6.45) is 2.57. The van der Waals surface area contributed by atoms with Gasteiger partial charge in [-0.2, -0.15) is 5.26 Å². The zero-order valence-electron chi connectivity index (χ0n) is 19.1. The Morgan fingerprint density at radius 1 is 1.29 bits per heavy atom. The number of allylic oxidation sites excluding steroid dienone is 1. The third kappa shape index (κ3) is 6.31. The van der Waals surface area contributed by atoms with E-state index in [9.17, 15) is 18.8 Å². The van der Waals surface area contributed by atoms with E-state index in [0.29, 0.717) is 21.9 Å². The summed E-state index contributed by atoms with van der Waals surface area (Å²) in [6, 6.07) is 12.7. The van der Waals surface area contributed by atoms with Crippen LogP contribution in [0.5, 0.6) is 5.75 Å². The maximum atomic E-state index is 13.2. The Morgan fingerprint density at radius 2 is 2.09 bits per heavy atom. The van der Waals surface area contributed by atoms with Crippen molar-refractivity contribution in [1.29, 1.82) is 5.26 Å². The van der Waals surface area contributed by atoms with E-state index in [1.54, 1.807) is 32.3 Å². The molecule has 0 aliphatic carbocycles. The number of alkyl halides is 2. The number of hydrogen-bond donors (Lipinski definition) is 0. The fourth-order valence-electron chi connectivity index (χ4n) is 3.33. The van der Waals surface area contributed by atoms with E-state index in [2.05, 4.69) is 18.0 Å². The van der Waals surface area contributed by atoms with Gasteiger partial charge in [0, 0.05) is 16.2 Å². The van der Waals surface area contributed by atoms with E-state index in [1.165, 1.54) is 34.0 Å². The number of nitrogens with zero attached hydrogens (tertiary/aromatic N) is 2. The summed E-state index contributed by atoms with van der Waals surface area (Å²) in [5, 5.41) is 9.72. The molecule has 8 heteroatoms. The van der Waals surface area contributed by atoms with E-state index in [0.717, 1.165) is 24.0 Å². The van der Waals surface area contributed by atoms with Crippen molar-refractivity contribution < 1.29 is 18.3 Å². The SMILES string of the molecule is CCCc1ccc(C(=O)/C=C/c2ccc(OC)c(CSc3nc(C(F)F)cc(C)c3C#N)c2)s1. The number of carbonyl (C=O) groups is 1. The van der Waals surface area contributed by atoms with Gasteiger partial charge in [-0.3, -0.25) is 4.79 Å². The quantitative estimate of drug-likeness (QED) is 0.165. The molecule has 0 radical (unpaired) electrons. The lowest BCUT2D eigenvalue weighted by atomic mass is 10.1. The Hall–Kier alpha value is -3.02. The number of nitriles is 1. The molecular formula is C26H24F2N2O2S2. The monoisotopic (exact) mass is 498 g/mol. The van der Waals surface area contributed by atoms with Crippen molar-refractivity contribution in [2.45, 2.75) is 43.9 Å². The van der Waals surface area contributed by atoms with E-state index in [1.807, 2.05) is 24.3 Å². The molecule has 3 rings (SSSR count). The van der Waals surface area contributed by atoms with Crippen LogP contribution < -0.4 is 4.74 Å². The molecule has 0 atom stereocenters. The molecule has 0 amide bonds. The lowest BCUT2D eigenvalue weighted by molar-refractivity contribution is 0.105. The van der Waals surface area contributed by atoms with Gasteiger partial charge in [-0.25, -0.2) is 13.8 Å². The van der Waals surface area contributed by atoms with E-state index >= 15 is 0 Å². The van der Waals surface area contributed by atoms with Crippen LogP contribution in [-0.4, -0.2) is 17.9 Å². The second-order valence-electron chi connectivity index (χ2n) is 7.53. The van der Waals surface area contributed by atoms with Crippen LogP contribution in [0.4, 0.5) is 8.78 Å². The molecule has 0 fully saturated rings. The van der Waals surface area contributed by atoms with Crippen LogP contribution in [0, 0.1) is 18.3 Å². The molecular weight excluding hydrogens is 474 g/mol. The first kappa shape index (κ1) is 25.6. The molecule has 0 spiro atoms. The third-order valence-corrected chi connectivity index (χ3v) is 7.22. The molecule has 0 aliphatic rings. The molecule has 0 bridgehead atoms. The minimum Gasteiger partial charge on any atom is -0.496 e. The number of aromatic nitrogens is 1. The minimum absolute atomic E-state index is 0.0544. The first-order valence-corrected chi connectivity index (χ1v) is 12.5. The van der Waals surface area contributed by atoms with Crippen molar-refractivity contribution in [3.05, 3.63) is 80.2 Å². The zero-order valence-corrected chi connectivity index (χ0v) is 20.7. The Bertz CT molecular complexity index is 1250.